The summed E-state index contributed by atoms with van der Waals surface area (Å²) in [7, 11) is 0. The van der Waals surface area contributed by atoms with Crippen molar-refractivity contribution in [2.24, 2.45) is 0 Å². The van der Waals surface area contributed by atoms with Crippen LogP contribution < -0.4 is 0 Å². The molecule has 0 fully saturated rings. The van der Waals surface area contributed by atoms with Crippen molar-refractivity contribution in [1.29, 1.82) is 0 Å². The van der Waals surface area contributed by atoms with Crippen LogP contribution in [-0.4, -0.2) is 46.9 Å². The third-order valence-corrected chi connectivity index (χ3v) is 1.42. The fraction of sp³-hybridized carbons (Fsp3) is 0.500. The fourth-order valence-corrected chi connectivity index (χ4v) is 0.637. The molecule has 16 heavy (non-hydrogen) atoms. The molecule has 94 valence electrons. The standard InChI is InChI=1S/C8H10.2C2H6O2/c1-7-3-5-8(2)6-4-7;2*3-1-2-4/h3-6H,1-2H3;2*3-4H,1-2H2. The molecule has 1 aromatic carbocycles. The monoisotopic (exact) mass is 230 g/mol. The van der Waals surface area contributed by atoms with Gasteiger partial charge in [-0.1, -0.05) is 35.4 Å². The molecule has 0 amide bonds. The molecule has 0 aliphatic heterocycles. The number of hydrogen-bond donors (Lipinski definition) is 4. The zero-order chi connectivity index (χ0) is 12.8. The highest BCUT2D eigenvalue weighted by molar-refractivity contribution is 5.19. The molecular weight excluding hydrogens is 208 g/mol. The molecule has 0 saturated heterocycles. The number of aryl methyl sites for hydroxylation is 2. The van der Waals surface area contributed by atoms with Gasteiger partial charge in [0.25, 0.3) is 0 Å². The van der Waals surface area contributed by atoms with Gasteiger partial charge >= 0.3 is 0 Å². The van der Waals surface area contributed by atoms with Crippen molar-refractivity contribution in [2.45, 2.75) is 13.8 Å². The predicted molar refractivity (Wildman–Crippen MR) is 64.3 cm³/mol. The maximum atomic E-state index is 7.62. The maximum absolute atomic E-state index is 7.62. The van der Waals surface area contributed by atoms with E-state index in [0.717, 1.165) is 0 Å². The Morgan fingerprint density at radius 1 is 0.625 bits per heavy atom. The summed E-state index contributed by atoms with van der Waals surface area (Å²) in [5.74, 6) is 0. The summed E-state index contributed by atoms with van der Waals surface area (Å²) in [6.07, 6.45) is 0. The zero-order valence-corrected chi connectivity index (χ0v) is 9.93. The molecular formula is C12H22O4. The summed E-state index contributed by atoms with van der Waals surface area (Å²) in [5, 5.41) is 30.5. The van der Waals surface area contributed by atoms with Gasteiger partial charge in [0.15, 0.2) is 0 Å². The SMILES string of the molecule is Cc1ccc(C)cc1.OCCO.OCCO. The lowest BCUT2D eigenvalue weighted by molar-refractivity contribution is 0.186. The molecule has 0 radical (unpaired) electrons. The Labute approximate surface area is 96.8 Å². The molecule has 0 aromatic heterocycles. The Hall–Kier alpha value is -0.940. The van der Waals surface area contributed by atoms with E-state index < -0.39 is 0 Å². The van der Waals surface area contributed by atoms with Crippen molar-refractivity contribution in [2.75, 3.05) is 26.4 Å². The summed E-state index contributed by atoms with van der Waals surface area (Å²) < 4.78 is 0. The van der Waals surface area contributed by atoms with E-state index in [0.29, 0.717) is 0 Å². The summed E-state index contributed by atoms with van der Waals surface area (Å²) in [4.78, 5) is 0. The van der Waals surface area contributed by atoms with Crippen LogP contribution in [0.1, 0.15) is 11.1 Å². The van der Waals surface area contributed by atoms with Crippen LogP contribution in [0.5, 0.6) is 0 Å². The van der Waals surface area contributed by atoms with Crippen molar-refractivity contribution < 1.29 is 20.4 Å². The number of rotatable bonds is 2. The van der Waals surface area contributed by atoms with Crippen LogP contribution >= 0.6 is 0 Å². The topological polar surface area (TPSA) is 80.9 Å². The molecule has 1 rings (SSSR count). The first-order valence-corrected chi connectivity index (χ1v) is 5.09. The molecule has 0 heterocycles. The molecule has 0 bridgehead atoms. The summed E-state index contributed by atoms with van der Waals surface area (Å²) in [5.41, 5.74) is 2.66. The highest BCUT2D eigenvalue weighted by atomic mass is 16.3. The summed E-state index contributed by atoms with van der Waals surface area (Å²) in [6, 6.07) is 8.48. The van der Waals surface area contributed by atoms with Gasteiger partial charge in [-0.15, -0.1) is 0 Å². The Bertz CT molecular complexity index is 192. The highest BCUT2D eigenvalue weighted by Gasteiger charge is 1.79. The van der Waals surface area contributed by atoms with Gasteiger partial charge in [-0.05, 0) is 13.8 Å². The number of aliphatic hydroxyl groups is 4. The molecule has 0 spiro atoms. The molecule has 4 heteroatoms. The minimum absolute atomic E-state index is 0.125. The molecule has 0 aliphatic carbocycles. The first-order valence-electron chi connectivity index (χ1n) is 5.09. The van der Waals surface area contributed by atoms with Gasteiger partial charge in [-0.3, -0.25) is 0 Å². The van der Waals surface area contributed by atoms with Gasteiger partial charge in [0.05, 0.1) is 26.4 Å². The lowest BCUT2D eigenvalue weighted by Crippen LogP contribution is -1.85. The normalized spacial score (nSPS) is 8.38. The Morgan fingerprint density at radius 2 is 0.812 bits per heavy atom. The summed E-state index contributed by atoms with van der Waals surface area (Å²) >= 11 is 0. The minimum atomic E-state index is -0.125. The van der Waals surface area contributed by atoms with Crippen LogP contribution in [0.2, 0.25) is 0 Å². The van der Waals surface area contributed by atoms with Gasteiger partial charge in [0.1, 0.15) is 0 Å². The average Bonchev–Trinajstić information content (AvgIpc) is 2.33. The van der Waals surface area contributed by atoms with Gasteiger partial charge in [-0.2, -0.15) is 0 Å². The molecule has 0 unspecified atom stereocenters. The first kappa shape index (κ1) is 17.5. The third kappa shape index (κ3) is 15.5. The van der Waals surface area contributed by atoms with Crippen molar-refractivity contribution in [3.05, 3.63) is 35.4 Å². The van der Waals surface area contributed by atoms with E-state index in [4.69, 9.17) is 20.4 Å². The van der Waals surface area contributed by atoms with Crippen LogP contribution in [-0.2, 0) is 0 Å². The highest BCUT2D eigenvalue weighted by Crippen LogP contribution is 1.99. The van der Waals surface area contributed by atoms with Crippen LogP contribution in [0.25, 0.3) is 0 Å². The van der Waals surface area contributed by atoms with E-state index in [-0.39, 0.29) is 26.4 Å². The Kier molecular flexibility index (Phi) is 15.3. The van der Waals surface area contributed by atoms with E-state index in [1.54, 1.807) is 0 Å². The average molecular weight is 230 g/mol. The number of benzene rings is 1. The molecule has 0 saturated carbocycles. The van der Waals surface area contributed by atoms with E-state index in [9.17, 15) is 0 Å². The van der Waals surface area contributed by atoms with Crippen LogP contribution in [0.3, 0.4) is 0 Å². The molecule has 0 aliphatic rings. The second-order valence-corrected chi connectivity index (χ2v) is 3.05. The molecule has 1 aromatic rings. The largest absolute Gasteiger partial charge is 0.394 e. The fourth-order valence-electron chi connectivity index (χ4n) is 0.637. The van der Waals surface area contributed by atoms with Crippen LogP contribution in [0, 0.1) is 13.8 Å². The van der Waals surface area contributed by atoms with E-state index in [1.807, 2.05) is 0 Å². The summed E-state index contributed by atoms with van der Waals surface area (Å²) in [6.45, 7) is 3.69. The van der Waals surface area contributed by atoms with Gasteiger partial charge < -0.3 is 20.4 Å². The number of hydrogen-bond acceptors (Lipinski definition) is 4. The van der Waals surface area contributed by atoms with Crippen molar-refractivity contribution >= 4 is 0 Å². The maximum Gasteiger partial charge on any atom is 0.0662 e. The van der Waals surface area contributed by atoms with Crippen molar-refractivity contribution in [1.82, 2.24) is 0 Å². The lowest BCUT2D eigenvalue weighted by atomic mass is 10.2. The van der Waals surface area contributed by atoms with Crippen molar-refractivity contribution in [3.63, 3.8) is 0 Å². The lowest BCUT2D eigenvalue weighted by Gasteiger charge is -1.90. The smallest absolute Gasteiger partial charge is 0.0662 e. The van der Waals surface area contributed by atoms with Crippen LogP contribution in [0.4, 0.5) is 0 Å². The van der Waals surface area contributed by atoms with Crippen LogP contribution in [0.15, 0.2) is 24.3 Å². The second-order valence-electron chi connectivity index (χ2n) is 3.05. The molecule has 4 N–H and O–H groups in total. The second kappa shape index (κ2) is 14.1. The Balaban J connectivity index is 0. The van der Waals surface area contributed by atoms with Gasteiger partial charge in [0, 0.05) is 0 Å². The first-order chi connectivity index (χ1) is 7.62. The van der Waals surface area contributed by atoms with Gasteiger partial charge in [-0.25, -0.2) is 0 Å². The zero-order valence-electron chi connectivity index (χ0n) is 9.93. The molecule has 4 nitrogen and oxygen atoms in total. The third-order valence-electron chi connectivity index (χ3n) is 1.42. The van der Waals surface area contributed by atoms with E-state index >= 15 is 0 Å². The Morgan fingerprint density at radius 3 is 0.938 bits per heavy atom. The molecule has 0 atom stereocenters. The van der Waals surface area contributed by atoms with E-state index in [1.165, 1.54) is 11.1 Å². The minimum Gasteiger partial charge on any atom is -0.394 e. The van der Waals surface area contributed by atoms with Gasteiger partial charge in [0.2, 0.25) is 0 Å². The predicted octanol–water partition coefficient (Wildman–Crippen LogP) is 0.245. The van der Waals surface area contributed by atoms with E-state index in [2.05, 4.69) is 38.1 Å². The quantitative estimate of drug-likeness (QED) is 0.587. The number of aliphatic hydroxyl groups excluding tert-OH is 4. The van der Waals surface area contributed by atoms with Crippen molar-refractivity contribution in [3.8, 4) is 0 Å².